The van der Waals surface area contributed by atoms with Crippen LogP contribution in [0.5, 0.6) is 5.75 Å². The van der Waals surface area contributed by atoms with Gasteiger partial charge in [0, 0.05) is 23.6 Å². The van der Waals surface area contributed by atoms with E-state index in [0.717, 1.165) is 33.4 Å². The van der Waals surface area contributed by atoms with Crippen molar-refractivity contribution in [2.24, 2.45) is 7.05 Å². The Hall–Kier alpha value is -3.10. The molecule has 1 N–H and O–H groups in total. The van der Waals surface area contributed by atoms with Crippen molar-refractivity contribution in [1.82, 2.24) is 15.0 Å². The molecule has 29 heavy (non-hydrogen) atoms. The number of carbonyl (C=O) groups excluding carboxylic acids is 2. The average molecular weight is 424 g/mol. The maximum atomic E-state index is 12.9. The molecule has 1 aromatic heterocycles. The fraction of sp³-hybridized carbons (Fsp3) is 0.0952. The monoisotopic (exact) mass is 423 g/mol. The van der Waals surface area contributed by atoms with Gasteiger partial charge in [0.25, 0.3) is 11.8 Å². The van der Waals surface area contributed by atoms with Gasteiger partial charge >= 0.3 is 0 Å². The van der Waals surface area contributed by atoms with Gasteiger partial charge in [-0.25, -0.2) is 0 Å². The lowest BCUT2D eigenvalue weighted by atomic mass is 10.2. The Morgan fingerprint density at radius 3 is 2.66 bits per heavy atom. The zero-order chi connectivity index (χ0) is 20.5. The van der Waals surface area contributed by atoms with E-state index in [1.54, 1.807) is 30.3 Å². The molecule has 2 amide bonds. The van der Waals surface area contributed by atoms with E-state index in [4.69, 9.17) is 17.0 Å². The minimum atomic E-state index is -0.468. The van der Waals surface area contributed by atoms with Gasteiger partial charge in [-0.1, -0.05) is 42.1 Å². The highest BCUT2D eigenvalue weighted by Crippen LogP contribution is 2.32. The van der Waals surface area contributed by atoms with Gasteiger partial charge in [-0.3, -0.25) is 15.0 Å². The lowest BCUT2D eigenvalue weighted by molar-refractivity contribution is -0.123. The summed E-state index contributed by atoms with van der Waals surface area (Å²) in [7, 11) is 3.43. The van der Waals surface area contributed by atoms with E-state index in [1.165, 1.54) is 7.11 Å². The van der Waals surface area contributed by atoms with Crippen LogP contribution in [0.1, 0.15) is 16.1 Å². The molecule has 2 heterocycles. The van der Waals surface area contributed by atoms with Gasteiger partial charge in [-0.15, -0.1) is 0 Å². The highest BCUT2D eigenvalue weighted by Gasteiger charge is 2.34. The van der Waals surface area contributed by atoms with Crippen molar-refractivity contribution >= 4 is 57.1 Å². The molecule has 0 bridgehead atoms. The Morgan fingerprint density at radius 1 is 1.17 bits per heavy atom. The Bertz CT molecular complexity index is 1180. The normalized spacial score (nSPS) is 15.4. The minimum Gasteiger partial charge on any atom is -0.496 e. The van der Waals surface area contributed by atoms with Crippen molar-refractivity contribution in [3.63, 3.8) is 0 Å². The number of thiocarbonyl (C=S) groups is 1. The zero-order valence-corrected chi connectivity index (χ0v) is 17.3. The summed E-state index contributed by atoms with van der Waals surface area (Å²) in [6.45, 7) is 0. The smallest absolute Gasteiger partial charge is 0.285 e. The van der Waals surface area contributed by atoms with E-state index in [9.17, 15) is 9.59 Å². The number of carbonyl (C=O) groups is 2. The molecular weight excluding hydrogens is 406 g/mol. The number of ether oxygens (including phenoxy) is 1. The number of hydrogen-bond donors (Lipinski definition) is 1. The fourth-order valence-corrected chi connectivity index (χ4v) is 4.31. The second-order valence-corrected chi connectivity index (χ2v) is 8.02. The number of aromatic nitrogens is 1. The topological polar surface area (TPSA) is 63.6 Å². The molecule has 0 spiro atoms. The van der Waals surface area contributed by atoms with Crippen LogP contribution in [-0.2, 0) is 11.8 Å². The molecule has 146 valence electrons. The fourth-order valence-electron chi connectivity index (χ4n) is 3.14. The number of fused-ring (bicyclic) bond motifs is 1. The van der Waals surface area contributed by atoms with Crippen molar-refractivity contribution in [3.8, 4) is 5.75 Å². The Morgan fingerprint density at radius 2 is 1.90 bits per heavy atom. The maximum Gasteiger partial charge on any atom is 0.285 e. The van der Waals surface area contributed by atoms with Crippen molar-refractivity contribution < 1.29 is 14.3 Å². The number of hydrogen-bond acceptors (Lipinski definition) is 5. The largest absolute Gasteiger partial charge is 0.496 e. The third-order valence-electron chi connectivity index (χ3n) is 4.63. The van der Waals surface area contributed by atoms with Gasteiger partial charge in [0.15, 0.2) is 4.32 Å². The van der Waals surface area contributed by atoms with Crippen LogP contribution in [0.2, 0.25) is 0 Å². The molecule has 2 aromatic carbocycles. The number of hydrazine groups is 1. The van der Waals surface area contributed by atoms with E-state index in [2.05, 4.69) is 5.43 Å². The van der Waals surface area contributed by atoms with Crippen molar-refractivity contribution in [2.45, 2.75) is 0 Å². The van der Waals surface area contributed by atoms with Crippen LogP contribution in [-0.4, -0.2) is 32.8 Å². The lowest BCUT2D eigenvalue weighted by Crippen LogP contribution is -2.44. The molecule has 0 radical (unpaired) electrons. The number of amides is 2. The van der Waals surface area contributed by atoms with Crippen molar-refractivity contribution in [3.05, 3.63) is 70.8 Å². The summed E-state index contributed by atoms with van der Waals surface area (Å²) in [4.78, 5) is 25.9. The summed E-state index contributed by atoms with van der Waals surface area (Å²) >= 11 is 6.46. The van der Waals surface area contributed by atoms with Crippen LogP contribution in [0.4, 0.5) is 0 Å². The second kappa shape index (κ2) is 7.73. The first kappa shape index (κ1) is 19.2. The maximum absolute atomic E-state index is 12.9. The van der Waals surface area contributed by atoms with Gasteiger partial charge in [0.05, 0.1) is 17.6 Å². The van der Waals surface area contributed by atoms with Crippen LogP contribution >= 0.6 is 24.0 Å². The number of rotatable bonds is 4. The number of thioether (sulfide) groups is 1. The Balaban J connectivity index is 1.59. The molecule has 0 saturated carbocycles. The zero-order valence-electron chi connectivity index (χ0n) is 15.7. The standard InChI is InChI=1S/C21H17N3O3S2/c1-23-14(11-13-7-3-5-9-16(13)23)12-18-20(26)24(21(28)29-18)22-19(25)15-8-4-6-10-17(15)27-2/h3-12H,1-2H3,(H,22,25). The first-order valence-corrected chi connectivity index (χ1v) is 9.98. The highest BCUT2D eigenvalue weighted by atomic mass is 32.2. The molecule has 8 heteroatoms. The third-order valence-corrected chi connectivity index (χ3v) is 5.93. The molecule has 0 aliphatic carbocycles. The summed E-state index contributed by atoms with van der Waals surface area (Å²) in [5.74, 6) is -0.417. The van der Waals surface area contributed by atoms with Gasteiger partial charge in [-0.05, 0) is 42.6 Å². The van der Waals surface area contributed by atoms with Crippen LogP contribution in [0.15, 0.2) is 59.5 Å². The Kier molecular flexibility index (Phi) is 5.12. The van der Waals surface area contributed by atoms with E-state index in [0.29, 0.717) is 16.2 Å². The van der Waals surface area contributed by atoms with Gasteiger partial charge < -0.3 is 9.30 Å². The van der Waals surface area contributed by atoms with Crippen LogP contribution in [0.25, 0.3) is 17.0 Å². The van der Waals surface area contributed by atoms with Crippen molar-refractivity contribution in [1.29, 1.82) is 0 Å². The first-order chi connectivity index (χ1) is 14.0. The lowest BCUT2D eigenvalue weighted by Gasteiger charge is -2.16. The molecule has 1 fully saturated rings. The molecular formula is C21H17N3O3S2. The number of methoxy groups -OCH3 is 1. The van der Waals surface area contributed by atoms with E-state index < -0.39 is 5.91 Å². The highest BCUT2D eigenvalue weighted by molar-refractivity contribution is 8.26. The molecule has 6 nitrogen and oxygen atoms in total. The summed E-state index contributed by atoms with van der Waals surface area (Å²) in [5, 5.41) is 2.18. The summed E-state index contributed by atoms with van der Waals surface area (Å²) in [6, 6.07) is 16.8. The Labute approximate surface area is 177 Å². The first-order valence-electron chi connectivity index (χ1n) is 8.76. The molecule has 0 unspecified atom stereocenters. The average Bonchev–Trinajstić information content (AvgIpc) is 3.19. The predicted molar refractivity (Wildman–Crippen MR) is 118 cm³/mol. The molecule has 0 atom stereocenters. The molecule has 1 aliphatic rings. The van der Waals surface area contributed by atoms with Crippen LogP contribution in [0.3, 0.4) is 0 Å². The minimum absolute atomic E-state index is 0.267. The van der Waals surface area contributed by atoms with E-state index in [-0.39, 0.29) is 10.2 Å². The van der Waals surface area contributed by atoms with Gasteiger partial charge in [-0.2, -0.15) is 5.01 Å². The summed E-state index contributed by atoms with van der Waals surface area (Å²) < 4.78 is 7.49. The van der Waals surface area contributed by atoms with Gasteiger partial charge in [0.1, 0.15) is 5.75 Å². The van der Waals surface area contributed by atoms with E-state index >= 15 is 0 Å². The number of para-hydroxylation sites is 2. The summed E-state index contributed by atoms with van der Waals surface area (Å²) in [5.41, 5.74) is 4.85. The van der Waals surface area contributed by atoms with Crippen LogP contribution in [0, 0.1) is 0 Å². The molecule has 4 rings (SSSR count). The number of aryl methyl sites for hydroxylation is 1. The number of nitrogens with one attached hydrogen (secondary N) is 1. The quantitative estimate of drug-likeness (QED) is 0.512. The number of benzene rings is 2. The van der Waals surface area contributed by atoms with Gasteiger partial charge in [0.2, 0.25) is 0 Å². The number of nitrogens with zero attached hydrogens (tertiary/aromatic N) is 2. The summed E-state index contributed by atoms with van der Waals surface area (Å²) in [6.07, 6.45) is 1.79. The molecule has 1 saturated heterocycles. The van der Waals surface area contributed by atoms with Crippen molar-refractivity contribution in [2.75, 3.05) is 7.11 Å². The third kappa shape index (κ3) is 3.52. The predicted octanol–water partition coefficient (Wildman–Crippen LogP) is 3.73. The SMILES string of the molecule is COc1ccccc1C(=O)NN1C(=O)C(=Cc2cc3ccccc3n2C)SC1=S. The molecule has 3 aromatic rings. The second-order valence-electron chi connectivity index (χ2n) is 6.35. The van der Waals surface area contributed by atoms with Crippen LogP contribution < -0.4 is 10.2 Å². The van der Waals surface area contributed by atoms with E-state index in [1.807, 2.05) is 41.9 Å². The molecule has 1 aliphatic heterocycles.